The highest BCUT2D eigenvalue weighted by atomic mass is 16.7. The molecule has 6 aliphatic rings. The number of aliphatic hydroxyl groups excluding tert-OH is 1. The zero-order valence-corrected chi connectivity index (χ0v) is 17.8. The average Bonchev–Trinajstić information content (AvgIpc) is 3.01. The molecule has 4 saturated heterocycles. The van der Waals surface area contributed by atoms with Crippen LogP contribution in [0.1, 0.15) is 33.1 Å². The van der Waals surface area contributed by atoms with Crippen molar-refractivity contribution in [2.24, 2.45) is 11.8 Å². The first-order valence-corrected chi connectivity index (χ1v) is 11.3. The van der Waals surface area contributed by atoms with Crippen molar-refractivity contribution >= 4 is 11.9 Å². The van der Waals surface area contributed by atoms with E-state index >= 15 is 0 Å². The van der Waals surface area contributed by atoms with Crippen LogP contribution in [0.15, 0.2) is 11.6 Å². The second kappa shape index (κ2) is 6.74. The van der Waals surface area contributed by atoms with Crippen molar-refractivity contribution in [2.75, 3.05) is 26.3 Å². The molecule has 8 unspecified atom stereocenters. The van der Waals surface area contributed by atoms with E-state index in [9.17, 15) is 14.7 Å². The lowest BCUT2D eigenvalue weighted by molar-refractivity contribution is -0.189. The van der Waals surface area contributed by atoms with Crippen LogP contribution in [0.2, 0.25) is 0 Å². The molecule has 1 aliphatic carbocycles. The number of carbonyl (C=O) groups excluding carboxylic acids is 2. The van der Waals surface area contributed by atoms with Gasteiger partial charge in [-0.3, -0.25) is 9.69 Å². The van der Waals surface area contributed by atoms with Gasteiger partial charge in [-0.05, 0) is 13.0 Å². The number of nitrogens with zero attached hydrogens (tertiary/aromatic N) is 1. The van der Waals surface area contributed by atoms with Crippen LogP contribution in [0, 0.1) is 11.8 Å². The highest BCUT2D eigenvalue weighted by molar-refractivity contribution is 5.92. The monoisotopic (exact) mass is 435 g/mol. The van der Waals surface area contributed by atoms with Gasteiger partial charge in [0.2, 0.25) is 0 Å². The normalized spacial score (nSPS) is 48.6. The maximum absolute atomic E-state index is 13.0. The van der Waals surface area contributed by atoms with E-state index in [1.54, 1.807) is 0 Å². The summed E-state index contributed by atoms with van der Waals surface area (Å²) >= 11 is 0. The van der Waals surface area contributed by atoms with Gasteiger partial charge in [-0.15, -0.1) is 0 Å². The summed E-state index contributed by atoms with van der Waals surface area (Å²) in [5.74, 6) is -1.87. The largest absolute Gasteiger partial charge is 0.462 e. The molecule has 4 fully saturated rings. The zero-order valence-electron chi connectivity index (χ0n) is 17.8. The summed E-state index contributed by atoms with van der Waals surface area (Å²) in [6.07, 6.45) is 1.36. The molecule has 0 radical (unpaired) electrons. The Kier molecular flexibility index (Phi) is 4.37. The quantitative estimate of drug-likeness (QED) is 0.455. The molecule has 0 amide bonds. The van der Waals surface area contributed by atoms with Crippen LogP contribution in [0.4, 0.5) is 0 Å². The summed E-state index contributed by atoms with van der Waals surface area (Å²) in [6, 6.07) is -0.534. The first-order chi connectivity index (χ1) is 14.8. The first-order valence-electron chi connectivity index (χ1n) is 11.3. The van der Waals surface area contributed by atoms with Crippen LogP contribution in [-0.2, 0) is 33.3 Å². The predicted molar refractivity (Wildman–Crippen MR) is 104 cm³/mol. The third kappa shape index (κ3) is 3.01. The standard InChI is InChI=1S/C22H29NO8/c1-11-15-13-9-12(20(26)29-13)16(23-5-3-22(4-6-23)27-7-8-28-22)17(24)18-21(2,31-18)10-14(15)30-19(11)25/h9,11,13-18,24H,3-8,10H2,1-2H3. The number of esters is 2. The van der Waals surface area contributed by atoms with Crippen LogP contribution in [0.5, 0.6) is 0 Å². The van der Waals surface area contributed by atoms with E-state index in [1.165, 1.54) is 0 Å². The summed E-state index contributed by atoms with van der Waals surface area (Å²) in [6.45, 7) is 6.22. The van der Waals surface area contributed by atoms with Gasteiger partial charge < -0.3 is 28.8 Å². The lowest BCUT2D eigenvalue weighted by Gasteiger charge is -2.42. The maximum Gasteiger partial charge on any atom is 0.336 e. The van der Waals surface area contributed by atoms with Gasteiger partial charge in [0.15, 0.2) is 5.79 Å². The topological polar surface area (TPSA) is 107 Å². The number of fused-ring (bicyclic) bond motifs is 4. The van der Waals surface area contributed by atoms with Gasteiger partial charge in [0.05, 0.1) is 36.3 Å². The lowest BCUT2D eigenvalue weighted by atomic mass is 9.79. The minimum absolute atomic E-state index is 0.253. The number of likely N-dealkylation sites (tertiary alicyclic amines) is 1. The Hall–Kier alpha value is -1.52. The Balaban J connectivity index is 1.33. The molecule has 0 aromatic rings. The van der Waals surface area contributed by atoms with Gasteiger partial charge in [0.1, 0.15) is 24.4 Å². The van der Waals surface area contributed by atoms with Crippen LogP contribution in [0.25, 0.3) is 0 Å². The smallest absolute Gasteiger partial charge is 0.336 e. The summed E-state index contributed by atoms with van der Waals surface area (Å²) in [4.78, 5) is 27.4. The van der Waals surface area contributed by atoms with E-state index in [1.807, 2.05) is 19.9 Å². The SMILES string of the molecule is CC1C(=O)OC2CC3(C)OC3C(O)C(N3CCC4(CC3)OCCO4)C3=CC(OC3=O)C21. The van der Waals surface area contributed by atoms with E-state index in [0.717, 1.165) is 0 Å². The molecular weight excluding hydrogens is 406 g/mol. The Labute approximate surface area is 180 Å². The van der Waals surface area contributed by atoms with Gasteiger partial charge in [-0.2, -0.15) is 0 Å². The molecule has 0 aromatic heterocycles. The van der Waals surface area contributed by atoms with Gasteiger partial charge in [-0.25, -0.2) is 4.79 Å². The molecule has 8 atom stereocenters. The second-order valence-corrected chi connectivity index (χ2v) is 9.97. The summed E-state index contributed by atoms with van der Waals surface area (Å²) < 4.78 is 29.0. The molecule has 9 heteroatoms. The number of hydrogen-bond donors (Lipinski definition) is 1. The predicted octanol–water partition coefficient (Wildman–Crippen LogP) is 0.146. The van der Waals surface area contributed by atoms with Crippen LogP contribution in [-0.4, -0.2) is 90.1 Å². The van der Waals surface area contributed by atoms with Crippen molar-refractivity contribution in [2.45, 2.75) is 75.0 Å². The molecule has 5 aliphatic heterocycles. The number of carbonyl (C=O) groups is 2. The summed E-state index contributed by atoms with van der Waals surface area (Å²) in [5, 5.41) is 11.4. The average molecular weight is 435 g/mol. The third-order valence-corrected chi connectivity index (χ3v) is 8.11. The Bertz CT molecular complexity index is 827. The van der Waals surface area contributed by atoms with Crippen LogP contribution >= 0.6 is 0 Å². The van der Waals surface area contributed by atoms with Crippen molar-refractivity contribution < 1.29 is 38.4 Å². The second-order valence-electron chi connectivity index (χ2n) is 9.97. The van der Waals surface area contributed by atoms with Crippen molar-refractivity contribution in [1.29, 1.82) is 0 Å². The van der Waals surface area contributed by atoms with Crippen molar-refractivity contribution in [3.8, 4) is 0 Å². The van der Waals surface area contributed by atoms with Crippen molar-refractivity contribution in [1.82, 2.24) is 4.90 Å². The number of aliphatic hydroxyl groups is 1. The summed E-state index contributed by atoms with van der Waals surface area (Å²) in [7, 11) is 0. The van der Waals surface area contributed by atoms with Gasteiger partial charge in [0, 0.05) is 38.3 Å². The molecule has 31 heavy (non-hydrogen) atoms. The minimum atomic E-state index is -0.895. The minimum Gasteiger partial charge on any atom is -0.462 e. The van der Waals surface area contributed by atoms with E-state index in [4.69, 9.17) is 23.7 Å². The van der Waals surface area contributed by atoms with Crippen molar-refractivity contribution in [3.05, 3.63) is 11.6 Å². The molecule has 2 bridgehead atoms. The fourth-order valence-corrected chi connectivity index (χ4v) is 6.31. The fraction of sp³-hybridized carbons (Fsp3) is 0.818. The number of piperidine rings is 1. The Morgan fingerprint density at radius 3 is 2.55 bits per heavy atom. The molecule has 1 N–H and O–H groups in total. The van der Waals surface area contributed by atoms with Crippen LogP contribution in [0.3, 0.4) is 0 Å². The number of ether oxygens (including phenoxy) is 5. The van der Waals surface area contributed by atoms with E-state index in [0.29, 0.717) is 51.1 Å². The molecule has 0 aromatic carbocycles. The fourth-order valence-electron chi connectivity index (χ4n) is 6.31. The van der Waals surface area contributed by atoms with Crippen LogP contribution < -0.4 is 0 Å². The van der Waals surface area contributed by atoms with E-state index in [-0.39, 0.29) is 17.8 Å². The third-order valence-electron chi connectivity index (χ3n) is 8.11. The van der Waals surface area contributed by atoms with E-state index in [2.05, 4.69) is 4.90 Å². The zero-order chi connectivity index (χ0) is 21.5. The van der Waals surface area contributed by atoms with Gasteiger partial charge in [-0.1, -0.05) is 6.92 Å². The first kappa shape index (κ1) is 20.1. The molecule has 170 valence electrons. The molecule has 9 nitrogen and oxygen atoms in total. The molecular formula is C22H29NO8. The Morgan fingerprint density at radius 1 is 1.13 bits per heavy atom. The highest BCUT2D eigenvalue weighted by Gasteiger charge is 2.64. The number of hydrogen-bond acceptors (Lipinski definition) is 9. The molecule has 5 heterocycles. The highest BCUT2D eigenvalue weighted by Crippen LogP contribution is 2.50. The molecule has 6 rings (SSSR count). The van der Waals surface area contributed by atoms with Crippen molar-refractivity contribution in [3.63, 3.8) is 0 Å². The number of rotatable bonds is 1. The number of epoxide rings is 1. The van der Waals surface area contributed by atoms with Gasteiger partial charge in [0.25, 0.3) is 0 Å². The van der Waals surface area contributed by atoms with Gasteiger partial charge >= 0.3 is 11.9 Å². The lowest BCUT2D eigenvalue weighted by Crippen LogP contribution is -2.55. The molecule has 1 spiro atoms. The maximum atomic E-state index is 13.0. The molecule has 0 saturated carbocycles. The summed E-state index contributed by atoms with van der Waals surface area (Å²) in [5.41, 5.74) is -0.147. The van der Waals surface area contributed by atoms with E-state index < -0.39 is 47.8 Å². The Morgan fingerprint density at radius 2 is 1.84 bits per heavy atom.